The minimum atomic E-state index is -4.95. The molecule has 3 aromatic heterocycles. The Morgan fingerprint density at radius 1 is 1.10 bits per heavy atom. The average Bonchev–Trinajstić information content (AvgIpc) is 3.67. The summed E-state index contributed by atoms with van der Waals surface area (Å²) in [6, 6.07) is 12.6. The number of benzene rings is 2. The number of nitrogens with zero attached hydrogens (tertiary/aromatic N) is 7. The highest BCUT2D eigenvalue weighted by Crippen LogP contribution is 2.24. The molecule has 0 bridgehead atoms. The summed E-state index contributed by atoms with van der Waals surface area (Å²) in [7, 11) is 0. The Morgan fingerprint density at radius 2 is 1.85 bits per heavy atom. The van der Waals surface area contributed by atoms with Crippen molar-refractivity contribution in [3.63, 3.8) is 0 Å². The summed E-state index contributed by atoms with van der Waals surface area (Å²) >= 11 is 7.17. The van der Waals surface area contributed by atoms with Gasteiger partial charge in [0.05, 0.1) is 17.8 Å². The number of rotatable bonds is 8. The zero-order valence-electron chi connectivity index (χ0n) is 20.2. The van der Waals surface area contributed by atoms with Crippen LogP contribution >= 0.6 is 22.9 Å². The maximum atomic E-state index is 13.1. The van der Waals surface area contributed by atoms with Gasteiger partial charge < -0.3 is 5.11 Å². The number of hydrogen-bond donors (Lipinski definition) is 2. The van der Waals surface area contributed by atoms with Crippen LogP contribution in [0.25, 0.3) is 17.1 Å². The van der Waals surface area contributed by atoms with Gasteiger partial charge in [0.25, 0.3) is 5.91 Å². The molecule has 0 spiro atoms. The fourth-order valence-corrected chi connectivity index (χ4v) is 4.38. The molecule has 5 rings (SSSR count). The molecular formula is C24H18ClF3N8O3S. The van der Waals surface area contributed by atoms with Crippen LogP contribution in [0.2, 0.25) is 5.02 Å². The number of aliphatic hydroxyl groups is 1. The van der Waals surface area contributed by atoms with E-state index in [0.717, 1.165) is 9.25 Å². The first kappa shape index (κ1) is 27.2. The Labute approximate surface area is 232 Å². The van der Waals surface area contributed by atoms with Crippen molar-refractivity contribution in [1.82, 2.24) is 34.1 Å². The van der Waals surface area contributed by atoms with Crippen molar-refractivity contribution in [2.24, 2.45) is 0 Å². The van der Waals surface area contributed by atoms with Crippen LogP contribution in [0.3, 0.4) is 0 Å². The average molecular weight is 591 g/mol. The molecule has 0 fully saturated rings. The van der Waals surface area contributed by atoms with Crippen LogP contribution in [0.15, 0.2) is 71.2 Å². The van der Waals surface area contributed by atoms with E-state index in [1.807, 2.05) is 0 Å². The molecule has 40 heavy (non-hydrogen) atoms. The number of hydrogen-bond acceptors (Lipinski definition) is 8. The van der Waals surface area contributed by atoms with E-state index in [9.17, 15) is 27.9 Å². The summed E-state index contributed by atoms with van der Waals surface area (Å²) in [5, 5.41) is 23.4. The second kappa shape index (κ2) is 11.0. The summed E-state index contributed by atoms with van der Waals surface area (Å²) in [6.45, 7) is -1.36. The molecule has 2 aromatic carbocycles. The van der Waals surface area contributed by atoms with Crippen LogP contribution in [-0.2, 0) is 13.1 Å². The lowest BCUT2D eigenvalue weighted by molar-refractivity contribution is -0.207. The molecule has 1 amide bonds. The van der Waals surface area contributed by atoms with Crippen molar-refractivity contribution in [2.75, 3.05) is 5.32 Å². The Hall–Kier alpha value is -4.34. The number of anilines is 1. The fourth-order valence-electron chi connectivity index (χ4n) is 3.73. The number of para-hydroxylation sites is 1. The first-order valence-electron chi connectivity index (χ1n) is 11.5. The fraction of sp³-hybridized carbons (Fsp3) is 0.167. The normalized spacial score (nSPS) is 12.4. The maximum Gasteiger partial charge on any atom is 0.416 e. The molecule has 0 aliphatic heterocycles. The third-order valence-corrected chi connectivity index (χ3v) is 6.58. The molecule has 1 atom stereocenters. The smallest absolute Gasteiger partial charge is 0.382 e. The lowest BCUT2D eigenvalue weighted by atomic mass is 10.1. The molecule has 0 aliphatic rings. The summed E-state index contributed by atoms with van der Waals surface area (Å²) < 4.78 is 42.3. The molecule has 5 aromatic rings. The SMILES string of the molecule is O=C(Nc1nccs1)c1ccccc1-n1cnc(Cn2nc(-c3ccc(Cl)cc3)n(CC(O)C(F)(F)F)c2=O)n1. The first-order chi connectivity index (χ1) is 19.1. The topological polar surface area (TPSA) is 133 Å². The molecule has 2 N–H and O–H groups in total. The number of thiazole rings is 1. The van der Waals surface area contributed by atoms with Crippen LogP contribution in [0.5, 0.6) is 0 Å². The van der Waals surface area contributed by atoms with Crippen LogP contribution < -0.4 is 11.0 Å². The van der Waals surface area contributed by atoms with E-state index >= 15 is 0 Å². The zero-order chi connectivity index (χ0) is 28.4. The Balaban J connectivity index is 1.45. The van der Waals surface area contributed by atoms with Gasteiger partial charge in [0.1, 0.15) is 12.9 Å². The van der Waals surface area contributed by atoms with E-state index in [4.69, 9.17) is 11.6 Å². The second-order valence-corrected chi connectivity index (χ2v) is 9.68. The van der Waals surface area contributed by atoms with Gasteiger partial charge in [-0.3, -0.25) is 14.7 Å². The van der Waals surface area contributed by atoms with Gasteiger partial charge >= 0.3 is 11.9 Å². The minimum Gasteiger partial charge on any atom is -0.382 e. The molecule has 11 nitrogen and oxygen atoms in total. The van der Waals surface area contributed by atoms with Gasteiger partial charge in [-0.2, -0.15) is 13.2 Å². The predicted molar refractivity (Wildman–Crippen MR) is 140 cm³/mol. The largest absolute Gasteiger partial charge is 0.416 e. The number of halogens is 4. The lowest BCUT2D eigenvalue weighted by Gasteiger charge is -2.15. The summed E-state index contributed by atoms with van der Waals surface area (Å²) in [4.78, 5) is 34.2. The van der Waals surface area contributed by atoms with E-state index in [2.05, 4.69) is 25.5 Å². The highest BCUT2D eigenvalue weighted by molar-refractivity contribution is 7.13. The van der Waals surface area contributed by atoms with Crippen molar-refractivity contribution < 1.29 is 23.1 Å². The van der Waals surface area contributed by atoms with Crippen LogP contribution in [0.4, 0.5) is 18.3 Å². The molecule has 16 heteroatoms. The number of nitrogens with one attached hydrogen (secondary N) is 1. The van der Waals surface area contributed by atoms with E-state index in [1.165, 1.54) is 46.6 Å². The third kappa shape index (κ3) is 5.80. The summed E-state index contributed by atoms with van der Waals surface area (Å²) in [6.07, 6.45) is -4.85. The number of alkyl halides is 3. The monoisotopic (exact) mass is 590 g/mol. The number of aliphatic hydroxyl groups excluding tert-OH is 1. The van der Waals surface area contributed by atoms with E-state index < -0.39 is 30.4 Å². The quantitative estimate of drug-likeness (QED) is 0.282. The van der Waals surface area contributed by atoms with Crippen molar-refractivity contribution >= 4 is 34.0 Å². The molecular weight excluding hydrogens is 573 g/mol. The molecule has 3 heterocycles. The maximum absolute atomic E-state index is 13.1. The van der Waals surface area contributed by atoms with Crippen molar-refractivity contribution in [2.45, 2.75) is 25.4 Å². The highest BCUT2D eigenvalue weighted by atomic mass is 35.5. The van der Waals surface area contributed by atoms with Gasteiger partial charge in [0, 0.05) is 22.2 Å². The molecule has 0 saturated heterocycles. The van der Waals surface area contributed by atoms with Gasteiger partial charge in [0.2, 0.25) is 0 Å². The molecule has 1 unspecified atom stereocenters. The Bertz CT molecular complexity index is 1700. The number of aromatic nitrogens is 7. The van der Waals surface area contributed by atoms with E-state index in [-0.39, 0.29) is 23.8 Å². The predicted octanol–water partition coefficient (Wildman–Crippen LogP) is 3.63. The van der Waals surface area contributed by atoms with Gasteiger partial charge in [0.15, 0.2) is 22.9 Å². The standard InChI is InChI=1S/C24H18ClF3N8O3S/c25-15-7-5-14(6-8-15)20-33-35(23(39)34(20)11-18(37)24(26,27)28)12-19-30-13-36(32-19)17-4-2-1-3-16(17)21(38)31-22-29-9-10-40-22/h1-10,13,18,37H,11-12H2,(H,29,31,38). The van der Waals surface area contributed by atoms with Crippen molar-refractivity contribution in [3.05, 3.63) is 93.3 Å². The van der Waals surface area contributed by atoms with Crippen molar-refractivity contribution in [3.8, 4) is 17.1 Å². The minimum absolute atomic E-state index is 0.0981. The number of carbonyl (C=O) groups excluding carboxylic acids is 1. The van der Waals surface area contributed by atoms with Crippen molar-refractivity contribution in [1.29, 1.82) is 0 Å². The van der Waals surface area contributed by atoms with Crippen LogP contribution in [0, 0.1) is 0 Å². The van der Waals surface area contributed by atoms with E-state index in [1.54, 1.807) is 35.8 Å². The van der Waals surface area contributed by atoms with Gasteiger partial charge in [-0.15, -0.1) is 21.5 Å². The Morgan fingerprint density at radius 3 is 2.55 bits per heavy atom. The highest BCUT2D eigenvalue weighted by Gasteiger charge is 2.39. The molecule has 0 aliphatic carbocycles. The number of amides is 1. The molecule has 0 saturated carbocycles. The lowest BCUT2D eigenvalue weighted by Crippen LogP contribution is -2.37. The molecule has 206 valence electrons. The van der Waals surface area contributed by atoms with Crippen LogP contribution in [-0.4, -0.2) is 57.4 Å². The van der Waals surface area contributed by atoms with E-state index in [0.29, 0.717) is 21.4 Å². The summed E-state index contributed by atoms with van der Waals surface area (Å²) in [5.41, 5.74) is 0.0752. The first-order valence-corrected chi connectivity index (χ1v) is 12.7. The molecule has 0 radical (unpaired) electrons. The zero-order valence-corrected chi connectivity index (χ0v) is 21.7. The van der Waals surface area contributed by atoms with Gasteiger partial charge in [-0.25, -0.2) is 24.1 Å². The summed E-state index contributed by atoms with van der Waals surface area (Å²) in [5.74, 6) is -0.428. The number of carbonyl (C=O) groups is 1. The van der Waals surface area contributed by atoms with Gasteiger partial charge in [-0.1, -0.05) is 23.7 Å². The Kier molecular flexibility index (Phi) is 7.51. The van der Waals surface area contributed by atoms with Crippen LogP contribution in [0.1, 0.15) is 16.2 Å². The van der Waals surface area contributed by atoms with Gasteiger partial charge in [-0.05, 0) is 36.4 Å². The second-order valence-electron chi connectivity index (χ2n) is 8.35. The third-order valence-electron chi connectivity index (χ3n) is 5.64.